The Hall–Kier alpha value is -2.94. The summed E-state index contributed by atoms with van der Waals surface area (Å²) in [5.41, 5.74) is 1.53. The Kier molecular flexibility index (Phi) is 4.99. The first kappa shape index (κ1) is 18.4. The lowest BCUT2D eigenvalue weighted by Crippen LogP contribution is -2.29. The fourth-order valence-corrected chi connectivity index (χ4v) is 3.69. The summed E-state index contributed by atoms with van der Waals surface area (Å²) in [6.07, 6.45) is 1.63. The first-order chi connectivity index (χ1) is 13.5. The maximum absolute atomic E-state index is 13.4. The number of hydrogen-bond acceptors (Lipinski definition) is 5. The summed E-state index contributed by atoms with van der Waals surface area (Å²) in [5.74, 6) is 0.944. The number of aromatic nitrogens is 3. The molecule has 144 valence electrons. The molecule has 1 amide bonds. The zero-order chi connectivity index (χ0) is 19.7. The van der Waals surface area contributed by atoms with Crippen LogP contribution in [-0.4, -0.2) is 27.8 Å². The second kappa shape index (κ2) is 7.59. The molecule has 0 aliphatic carbocycles. The highest BCUT2D eigenvalue weighted by Gasteiger charge is 2.29. The van der Waals surface area contributed by atoms with Crippen LogP contribution >= 0.6 is 15.9 Å². The highest BCUT2D eigenvalue weighted by atomic mass is 79.9. The molecule has 2 heterocycles. The Bertz CT molecular complexity index is 1040. The summed E-state index contributed by atoms with van der Waals surface area (Å²) in [6.45, 7) is 0.186. The maximum Gasteiger partial charge on any atom is 0.229 e. The van der Waals surface area contributed by atoms with E-state index in [-0.39, 0.29) is 30.8 Å². The van der Waals surface area contributed by atoms with E-state index in [2.05, 4.69) is 31.3 Å². The number of ether oxygens (including phenoxy) is 2. The highest BCUT2D eigenvalue weighted by Crippen LogP contribution is 2.40. The first-order valence-electron chi connectivity index (χ1n) is 8.49. The zero-order valence-corrected chi connectivity index (χ0v) is 16.4. The molecular weight excluding hydrogens is 431 g/mol. The van der Waals surface area contributed by atoms with Crippen molar-refractivity contribution in [2.45, 2.75) is 19.1 Å². The van der Waals surface area contributed by atoms with Gasteiger partial charge in [-0.05, 0) is 51.3 Å². The van der Waals surface area contributed by atoms with Crippen molar-refractivity contribution in [3.63, 3.8) is 0 Å². The molecule has 0 spiro atoms. The number of hydrogen-bond donors (Lipinski definition) is 1. The third-order valence-corrected chi connectivity index (χ3v) is 5.00. The van der Waals surface area contributed by atoms with E-state index in [4.69, 9.17) is 9.47 Å². The van der Waals surface area contributed by atoms with Crippen molar-refractivity contribution >= 4 is 27.8 Å². The number of nitrogens with one attached hydrogen (secondary N) is 1. The molecule has 2 aromatic carbocycles. The molecule has 0 saturated carbocycles. The number of benzene rings is 2. The predicted molar refractivity (Wildman–Crippen MR) is 103 cm³/mol. The van der Waals surface area contributed by atoms with Crippen LogP contribution in [0.25, 0.3) is 0 Å². The molecule has 1 aromatic heterocycles. The van der Waals surface area contributed by atoms with Gasteiger partial charge in [0.05, 0.1) is 24.0 Å². The molecule has 7 nitrogen and oxygen atoms in total. The van der Waals surface area contributed by atoms with Crippen LogP contribution in [0.1, 0.15) is 23.6 Å². The summed E-state index contributed by atoms with van der Waals surface area (Å²) in [5, 5.41) is 6.90. The molecule has 0 bridgehead atoms. The zero-order valence-electron chi connectivity index (χ0n) is 14.9. The number of halogens is 2. The van der Waals surface area contributed by atoms with Gasteiger partial charge in [0.25, 0.3) is 0 Å². The monoisotopic (exact) mass is 446 g/mol. The average molecular weight is 447 g/mol. The van der Waals surface area contributed by atoms with E-state index in [1.54, 1.807) is 22.9 Å². The first-order valence-corrected chi connectivity index (χ1v) is 9.28. The Balaban J connectivity index is 1.64. The molecule has 1 aliphatic rings. The van der Waals surface area contributed by atoms with Crippen LogP contribution in [0.3, 0.4) is 0 Å². The fourth-order valence-electron chi connectivity index (χ4n) is 3.12. The van der Waals surface area contributed by atoms with E-state index in [1.807, 2.05) is 6.07 Å². The SMILES string of the molecule is COc1cc([C@@H]2CC(=O)Nc3ncnn32)cc(Br)c1OCc1cccc(F)c1. The van der Waals surface area contributed by atoms with Gasteiger partial charge in [-0.15, -0.1) is 0 Å². The van der Waals surface area contributed by atoms with E-state index in [9.17, 15) is 9.18 Å². The van der Waals surface area contributed by atoms with E-state index in [0.29, 0.717) is 27.5 Å². The third-order valence-electron chi connectivity index (χ3n) is 4.41. The number of amides is 1. The molecule has 28 heavy (non-hydrogen) atoms. The van der Waals surface area contributed by atoms with Gasteiger partial charge in [-0.2, -0.15) is 10.1 Å². The molecule has 1 atom stereocenters. The normalized spacial score (nSPS) is 15.7. The van der Waals surface area contributed by atoms with E-state index >= 15 is 0 Å². The van der Waals surface area contributed by atoms with Crippen LogP contribution in [-0.2, 0) is 11.4 Å². The van der Waals surface area contributed by atoms with E-state index < -0.39 is 0 Å². The van der Waals surface area contributed by atoms with Gasteiger partial charge in [0.1, 0.15) is 18.8 Å². The summed E-state index contributed by atoms with van der Waals surface area (Å²) >= 11 is 3.51. The average Bonchev–Trinajstić information content (AvgIpc) is 3.14. The van der Waals surface area contributed by atoms with Gasteiger partial charge in [0.15, 0.2) is 11.5 Å². The third kappa shape index (κ3) is 3.57. The van der Waals surface area contributed by atoms with Crippen molar-refractivity contribution in [1.29, 1.82) is 0 Å². The molecule has 0 unspecified atom stereocenters. The molecular formula is C19H16BrFN4O3. The van der Waals surface area contributed by atoms with Gasteiger partial charge in [-0.3, -0.25) is 10.1 Å². The van der Waals surface area contributed by atoms with Crippen LogP contribution in [0.2, 0.25) is 0 Å². The Morgan fingerprint density at radius 2 is 2.21 bits per heavy atom. The number of fused-ring (bicyclic) bond motifs is 1. The van der Waals surface area contributed by atoms with Gasteiger partial charge in [-0.25, -0.2) is 9.07 Å². The van der Waals surface area contributed by atoms with Crippen molar-refractivity contribution in [2.24, 2.45) is 0 Å². The molecule has 1 aliphatic heterocycles. The van der Waals surface area contributed by atoms with Crippen LogP contribution in [0.4, 0.5) is 10.3 Å². The predicted octanol–water partition coefficient (Wildman–Crippen LogP) is 3.70. The lowest BCUT2D eigenvalue weighted by atomic mass is 10.0. The minimum absolute atomic E-state index is 0.132. The van der Waals surface area contributed by atoms with Crippen LogP contribution in [0.15, 0.2) is 47.2 Å². The summed E-state index contributed by atoms with van der Waals surface area (Å²) < 4.78 is 27.0. The lowest BCUT2D eigenvalue weighted by Gasteiger charge is -2.25. The van der Waals surface area contributed by atoms with Gasteiger partial charge >= 0.3 is 0 Å². The summed E-state index contributed by atoms with van der Waals surface area (Å²) in [7, 11) is 1.54. The largest absolute Gasteiger partial charge is 0.493 e. The van der Waals surface area contributed by atoms with Crippen molar-refractivity contribution in [2.75, 3.05) is 12.4 Å². The number of carbonyl (C=O) groups excluding carboxylic acids is 1. The van der Waals surface area contributed by atoms with Crippen molar-refractivity contribution in [3.05, 3.63) is 64.1 Å². The van der Waals surface area contributed by atoms with Gasteiger partial charge < -0.3 is 9.47 Å². The van der Waals surface area contributed by atoms with Crippen LogP contribution < -0.4 is 14.8 Å². The Labute approximate surface area is 168 Å². The number of anilines is 1. The quantitative estimate of drug-likeness (QED) is 0.646. The van der Waals surface area contributed by atoms with Gasteiger partial charge in [-0.1, -0.05) is 12.1 Å². The molecule has 0 saturated heterocycles. The minimum atomic E-state index is -0.318. The van der Waals surface area contributed by atoms with Crippen molar-refractivity contribution in [3.8, 4) is 11.5 Å². The minimum Gasteiger partial charge on any atom is -0.493 e. The molecule has 9 heteroatoms. The lowest BCUT2D eigenvalue weighted by molar-refractivity contribution is -0.117. The Morgan fingerprint density at radius 1 is 1.36 bits per heavy atom. The molecule has 3 aromatic rings. The number of rotatable bonds is 5. The standard InChI is InChI=1S/C19H16BrFN4O3/c1-27-16-7-12(15-8-17(26)24-19-22-10-23-25(15)19)6-14(20)18(16)28-9-11-3-2-4-13(21)5-11/h2-7,10,15H,8-9H2,1H3,(H,22,23,24,26)/t15-/m0/s1. The fraction of sp³-hybridized carbons (Fsp3) is 0.211. The van der Waals surface area contributed by atoms with Gasteiger partial charge in [0, 0.05) is 0 Å². The molecule has 1 N–H and O–H groups in total. The topological polar surface area (TPSA) is 78.3 Å². The second-order valence-electron chi connectivity index (χ2n) is 6.25. The molecule has 0 fully saturated rings. The van der Waals surface area contributed by atoms with Crippen LogP contribution in [0.5, 0.6) is 11.5 Å². The highest BCUT2D eigenvalue weighted by molar-refractivity contribution is 9.10. The van der Waals surface area contributed by atoms with Crippen molar-refractivity contribution < 1.29 is 18.7 Å². The number of carbonyl (C=O) groups is 1. The summed E-state index contributed by atoms with van der Waals surface area (Å²) in [4.78, 5) is 16.1. The number of methoxy groups -OCH3 is 1. The Morgan fingerprint density at radius 3 is 3.00 bits per heavy atom. The molecule has 0 radical (unpaired) electrons. The summed E-state index contributed by atoms with van der Waals surface area (Å²) in [6, 6.07) is 9.57. The van der Waals surface area contributed by atoms with E-state index in [0.717, 1.165) is 5.56 Å². The maximum atomic E-state index is 13.4. The van der Waals surface area contributed by atoms with Crippen molar-refractivity contribution in [1.82, 2.24) is 14.8 Å². The van der Waals surface area contributed by atoms with Gasteiger partial charge in [0.2, 0.25) is 11.9 Å². The van der Waals surface area contributed by atoms with E-state index in [1.165, 1.54) is 25.6 Å². The van der Waals surface area contributed by atoms with Crippen LogP contribution in [0, 0.1) is 5.82 Å². The second-order valence-corrected chi connectivity index (χ2v) is 7.10. The molecule has 4 rings (SSSR count). The smallest absolute Gasteiger partial charge is 0.229 e. The number of nitrogens with zero attached hydrogens (tertiary/aromatic N) is 3.